The Hall–Kier alpha value is -0.240. The predicted octanol–water partition coefficient (Wildman–Crippen LogP) is 2.20. The third-order valence-electron chi connectivity index (χ3n) is 2.39. The molecule has 0 amide bonds. The molecule has 0 N–H and O–H groups in total. The zero-order valence-electron chi connectivity index (χ0n) is 7.38. The van der Waals surface area contributed by atoms with E-state index < -0.39 is 0 Å². The summed E-state index contributed by atoms with van der Waals surface area (Å²) in [5.74, 6) is 1.48. The number of esters is 1. The zero-order valence-corrected chi connectivity index (χ0v) is 8.14. The van der Waals surface area contributed by atoms with E-state index in [4.69, 9.17) is 11.6 Å². The average Bonchev–Trinajstić information content (AvgIpc) is 2.83. The fraction of sp³-hybridized carbons (Fsp3) is 0.889. The van der Waals surface area contributed by atoms with Crippen molar-refractivity contribution in [1.82, 2.24) is 0 Å². The Labute approximate surface area is 78.2 Å². The average molecular weight is 191 g/mol. The second-order valence-electron chi connectivity index (χ2n) is 3.31. The summed E-state index contributed by atoms with van der Waals surface area (Å²) in [6.07, 6.45) is 4.36. The molecule has 1 saturated carbocycles. The first-order chi connectivity index (χ1) is 5.79. The zero-order chi connectivity index (χ0) is 8.97. The van der Waals surface area contributed by atoms with Crippen LogP contribution in [0.5, 0.6) is 0 Å². The molecule has 0 saturated heterocycles. The summed E-state index contributed by atoms with van der Waals surface area (Å²) >= 11 is 5.54. The normalized spacial score (nSPS) is 26.8. The highest BCUT2D eigenvalue weighted by atomic mass is 35.5. The lowest BCUT2D eigenvalue weighted by molar-refractivity contribution is -0.142. The van der Waals surface area contributed by atoms with Crippen LogP contribution in [0.2, 0.25) is 0 Å². The van der Waals surface area contributed by atoms with Crippen LogP contribution in [0, 0.1) is 11.8 Å². The first-order valence-corrected chi connectivity index (χ1v) is 4.97. The smallest absolute Gasteiger partial charge is 0.308 e. The van der Waals surface area contributed by atoms with E-state index in [9.17, 15) is 4.79 Å². The van der Waals surface area contributed by atoms with E-state index >= 15 is 0 Å². The summed E-state index contributed by atoms with van der Waals surface area (Å²) in [4.78, 5) is 11.0. The van der Waals surface area contributed by atoms with Crippen LogP contribution in [0.25, 0.3) is 0 Å². The van der Waals surface area contributed by atoms with Gasteiger partial charge in [0.2, 0.25) is 0 Å². The van der Waals surface area contributed by atoms with Gasteiger partial charge >= 0.3 is 5.97 Å². The van der Waals surface area contributed by atoms with E-state index in [1.54, 1.807) is 0 Å². The van der Waals surface area contributed by atoms with E-state index in [2.05, 4.69) is 4.74 Å². The highest BCUT2D eigenvalue weighted by Crippen LogP contribution is 2.42. The number of ether oxygens (including phenoxy) is 1. The molecule has 0 aliphatic heterocycles. The monoisotopic (exact) mass is 190 g/mol. The highest BCUT2D eigenvalue weighted by Gasteiger charge is 2.42. The molecule has 1 fully saturated rings. The first kappa shape index (κ1) is 9.85. The molecule has 2 nitrogen and oxygen atoms in total. The van der Waals surface area contributed by atoms with Crippen LogP contribution in [-0.2, 0) is 9.53 Å². The molecule has 70 valence electrons. The van der Waals surface area contributed by atoms with E-state index in [-0.39, 0.29) is 11.9 Å². The van der Waals surface area contributed by atoms with Gasteiger partial charge in [-0.3, -0.25) is 4.79 Å². The standard InChI is InChI=1S/C9H15ClO2/c1-12-9(11)8-6-7(8)4-2-3-5-10/h7-8H,2-6H2,1H3. The number of carbonyl (C=O) groups is 1. The quantitative estimate of drug-likeness (QED) is 0.378. The van der Waals surface area contributed by atoms with Crippen LogP contribution in [0.1, 0.15) is 25.7 Å². The van der Waals surface area contributed by atoms with E-state index in [1.165, 1.54) is 7.11 Å². The molecule has 0 aromatic heterocycles. The number of halogens is 1. The van der Waals surface area contributed by atoms with Crippen molar-refractivity contribution in [1.29, 1.82) is 0 Å². The molecule has 1 aliphatic rings. The molecule has 2 atom stereocenters. The van der Waals surface area contributed by atoms with Crippen molar-refractivity contribution in [2.75, 3.05) is 13.0 Å². The number of unbranched alkanes of at least 4 members (excludes halogenated alkanes) is 1. The van der Waals surface area contributed by atoms with Crippen molar-refractivity contribution in [3.63, 3.8) is 0 Å². The molecule has 1 aliphatic carbocycles. The van der Waals surface area contributed by atoms with Crippen molar-refractivity contribution in [2.24, 2.45) is 11.8 Å². The third kappa shape index (κ3) is 2.67. The summed E-state index contributed by atoms with van der Waals surface area (Å²) in [7, 11) is 1.45. The number of carbonyl (C=O) groups excluding carboxylic acids is 1. The lowest BCUT2D eigenvalue weighted by Crippen LogP contribution is -2.04. The minimum Gasteiger partial charge on any atom is -0.469 e. The molecule has 0 aromatic rings. The van der Waals surface area contributed by atoms with Crippen molar-refractivity contribution < 1.29 is 9.53 Å². The van der Waals surface area contributed by atoms with E-state index in [0.717, 1.165) is 31.6 Å². The maximum atomic E-state index is 11.0. The minimum atomic E-state index is -0.0362. The molecule has 0 spiro atoms. The van der Waals surface area contributed by atoms with Gasteiger partial charge in [-0.1, -0.05) is 6.42 Å². The Bertz CT molecular complexity index is 159. The molecule has 0 aromatic carbocycles. The van der Waals surface area contributed by atoms with Gasteiger partial charge in [0.15, 0.2) is 0 Å². The third-order valence-corrected chi connectivity index (χ3v) is 2.65. The van der Waals surface area contributed by atoms with Crippen molar-refractivity contribution >= 4 is 17.6 Å². The molecule has 12 heavy (non-hydrogen) atoms. The molecule has 0 radical (unpaired) electrons. The van der Waals surface area contributed by atoms with Gasteiger partial charge in [0, 0.05) is 5.88 Å². The van der Waals surface area contributed by atoms with Crippen molar-refractivity contribution in [2.45, 2.75) is 25.7 Å². The van der Waals surface area contributed by atoms with Crippen molar-refractivity contribution in [3.05, 3.63) is 0 Å². The number of hydrogen-bond donors (Lipinski definition) is 0. The van der Waals surface area contributed by atoms with Gasteiger partial charge in [-0.2, -0.15) is 0 Å². The van der Waals surface area contributed by atoms with Crippen LogP contribution < -0.4 is 0 Å². The minimum absolute atomic E-state index is 0.0362. The Morgan fingerprint density at radius 1 is 1.58 bits per heavy atom. The SMILES string of the molecule is COC(=O)C1CC1CCCCCl. The summed E-state index contributed by atoms with van der Waals surface area (Å²) in [5.41, 5.74) is 0. The Kier molecular flexibility index (Phi) is 3.86. The highest BCUT2D eigenvalue weighted by molar-refractivity contribution is 6.17. The molecular weight excluding hydrogens is 176 g/mol. The molecular formula is C9H15ClO2. The number of methoxy groups -OCH3 is 1. The Morgan fingerprint density at radius 2 is 2.33 bits per heavy atom. The van der Waals surface area contributed by atoms with Crippen LogP contribution >= 0.6 is 11.6 Å². The predicted molar refractivity (Wildman–Crippen MR) is 48.2 cm³/mol. The molecule has 3 heteroatoms. The van der Waals surface area contributed by atoms with Crippen LogP contribution in [-0.4, -0.2) is 19.0 Å². The second kappa shape index (κ2) is 4.70. The van der Waals surface area contributed by atoms with Crippen molar-refractivity contribution in [3.8, 4) is 0 Å². The molecule has 0 bridgehead atoms. The van der Waals surface area contributed by atoms with Crippen LogP contribution in [0.4, 0.5) is 0 Å². The molecule has 0 heterocycles. The first-order valence-electron chi connectivity index (χ1n) is 4.43. The lowest BCUT2D eigenvalue weighted by Gasteiger charge is -1.97. The van der Waals surface area contributed by atoms with Crippen LogP contribution in [0.3, 0.4) is 0 Å². The van der Waals surface area contributed by atoms with Gasteiger partial charge in [-0.05, 0) is 25.2 Å². The summed E-state index contributed by atoms with van der Waals surface area (Å²) in [5, 5.41) is 0. The van der Waals surface area contributed by atoms with Gasteiger partial charge in [-0.25, -0.2) is 0 Å². The maximum Gasteiger partial charge on any atom is 0.308 e. The molecule has 2 unspecified atom stereocenters. The number of hydrogen-bond acceptors (Lipinski definition) is 2. The van der Waals surface area contributed by atoms with Crippen LogP contribution in [0.15, 0.2) is 0 Å². The van der Waals surface area contributed by atoms with E-state index in [0.29, 0.717) is 5.92 Å². The topological polar surface area (TPSA) is 26.3 Å². The van der Waals surface area contributed by atoms with Gasteiger partial charge in [0.1, 0.15) is 0 Å². The Balaban J connectivity index is 2.04. The van der Waals surface area contributed by atoms with Gasteiger partial charge < -0.3 is 4.74 Å². The second-order valence-corrected chi connectivity index (χ2v) is 3.69. The van der Waals surface area contributed by atoms with Gasteiger partial charge in [-0.15, -0.1) is 11.6 Å². The van der Waals surface area contributed by atoms with Gasteiger partial charge in [0.25, 0.3) is 0 Å². The maximum absolute atomic E-state index is 11.0. The fourth-order valence-corrected chi connectivity index (χ4v) is 1.70. The fourth-order valence-electron chi connectivity index (χ4n) is 1.51. The van der Waals surface area contributed by atoms with E-state index in [1.807, 2.05) is 0 Å². The number of rotatable bonds is 5. The molecule has 1 rings (SSSR count). The van der Waals surface area contributed by atoms with Gasteiger partial charge in [0.05, 0.1) is 13.0 Å². The Morgan fingerprint density at radius 3 is 2.92 bits per heavy atom. The lowest BCUT2D eigenvalue weighted by atomic mass is 10.1. The summed E-state index contributed by atoms with van der Waals surface area (Å²) < 4.78 is 4.65. The summed E-state index contributed by atoms with van der Waals surface area (Å²) in [6.45, 7) is 0. The summed E-state index contributed by atoms with van der Waals surface area (Å²) in [6, 6.07) is 0. The largest absolute Gasteiger partial charge is 0.469 e. The number of alkyl halides is 1.